The Kier molecular flexibility index (Phi) is 7.69. The highest BCUT2D eigenvalue weighted by molar-refractivity contribution is 8.01. The van der Waals surface area contributed by atoms with Gasteiger partial charge in [0.2, 0.25) is 5.13 Å². The quantitative estimate of drug-likeness (QED) is 0.490. The molecule has 0 atom stereocenters. The number of thiazole rings is 1. The van der Waals surface area contributed by atoms with E-state index in [2.05, 4.69) is 18.9 Å². The number of ether oxygens (including phenoxy) is 2. The zero-order valence-electron chi connectivity index (χ0n) is 16.6. The number of halogens is 1. The van der Waals surface area contributed by atoms with Gasteiger partial charge in [-0.2, -0.15) is 14.7 Å². The lowest BCUT2D eigenvalue weighted by atomic mass is 10.1. The van der Waals surface area contributed by atoms with Gasteiger partial charge in [0.1, 0.15) is 17.5 Å². The van der Waals surface area contributed by atoms with Gasteiger partial charge in [-0.15, -0.1) is 11.8 Å². The van der Waals surface area contributed by atoms with Crippen molar-refractivity contribution >= 4 is 40.9 Å². The average Bonchev–Trinajstić information content (AvgIpc) is 3.25. The summed E-state index contributed by atoms with van der Waals surface area (Å²) >= 11 is 9.66. The van der Waals surface area contributed by atoms with E-state index in [1.165, 1.54) is 0 Å². The molecule has 10 heteroatoms. The molecule has 0 amide bonds. The van der Waals surface area contributed by atoms with Crippen molar-refractivity contribution in [3.63, 3.8) is 0 Å². The molecule has 1 aliphatic heterocycles. The molecule has 0 N–H and O–H groups in total. The maximum atomic E-state index is 8.12. The van der Waals surface area contributed by atoms with Gasteiger partial charge in [0.25, 0.3) is 0 Å². The molecular formula is C20H20ClN3O4S2. The van der Waals surface area contributed by atoms with Crippen LogP contribution in [-0.2, 0) is 14.3 Å². The fraction of sp³-hybridized carbons (Fsp3) is 0.350. The maximum Gasteiger partial charge on any atom is 0.373 e. The third-order valence-electron chi connectivity index (χ3n) is 3.95. The van der Waals surface area contributed by atoms with E-state index in [0.29, 0.717) is 23.5 Å². The zero-order chi connectivity index (χ0) is 21.7. The van der Waals surface area contributed by atoms with Gasteiger partial charge in [0.05, 0.1) is 23.1 Å². The largest absolute Gasteiger partial charge is 0.485 e. The molecule has 2 aromatic heterocycles. The smallest absolute Gasteiger partial charge is 0.373 e. The summed E-state index contributed by atoms with van der Waals surface area (Å²) in [5.74, 6) is 0.745. The Morgan fingerprint density at radius 2 is 2.07 bits per heavy atom. The molecule has 0 unspecified atom stereocenters. The molecule has 3 aromatic rings. The number of rotatable bonds is 6. The van der Waals surface area contributed by atoms with Crippen LogP contribution in [0.25, 0.3) is 16.4 Å². The second kappa shape index (κ2) is 10.2. The number of thioether (sulfide) groups is 1. The summed E-state index contributed by atoms with van der Waals surface area (Å²) in [6.45, 7) is 7.54. The molecule has 0 saturated carbocycles. The van der Waals surface area contributed by atoms with Gasteiger partial charge in [-0.1, -0.05) is 36.8 Å². The summed E-state index contributed by atoms with van der Waals surface area (Å²) in [5, 5.41) is 6.43. The minimum atomic E-state index is 0.0651. The highest BCUT2D eigenvalue weighted by Crippen LogP contribution is 2.43. The number of aryl methyl sites for hydroxylation is 1. The molecule has 4 rings (SSSR count). The second-order valence-corrected chi connectivity index (χ2v) is 9.96. The van der Waals surface area contributed by atoms with E-state index in [9.17, 15) is 0 Å². The van der Waals surface area contributed by atoms with Crippen LogP contribution in [0.3, 0.4) is 0 Å². The van der Waals surface area contributed by atoms with E-state index in [-0.39, 0.29) is 12.3 Å². The number of aromatic nitrogens is 3. The van der Waals surface area contributed by atoms with Gasteiger partial charge in [-0.25, -0.2) is 9.67 Å². The topological polar surface area (TPSA) is 83.3 Å². The van der Waals surface area contributed by atoms with Gasteiger partial charge in [0.15, 0.2) is 0 Å². The Hall–Kier alpha value is -2.16. The SMILES string of the molecule is Cc1ccn(-c2nc(-c3ccc(Cl)cc3OC3COC3)c(SC(C)C)s2)n1.O=C=O. The van der Waals surface area contributed by atoms with Gasteiger partial charge in [-0.3, -0.25) is 0 Å². The molecule has 0 spiro atoms. The molecule has 0 aliphatic carbocycles. The van der Waals surface area contributed by atoms with E-state index < -0.39 is 0 Å². The lowest BCUT2D eigenvalue weighted by molar-refractivity contribution is -0.191. The minimum Gasteiger partial charge on any atom is -0.485 e. The van der Waals surface area contributed by atoms with Crippen LogP contribution in [0, 0.1) is 6.92 Å². The number of hydrogen-bond acceptors (Lipinski definition) is 8. The van der Waals surface area contributed by atoms with Crippen molar-refractivity contribution < 1.29 is 19.1 Å². The summed E-state index contributed by atoms with van der Waals surface area (Å²) in [7, 11) is 0. The van der Waals surface area contributed by atoms with Crippen molar-refractivity contribution in [1.29, 1.82) is 0 Å². The molecule has 0 bridgehead atoms. The lowest BCUT2D eigenvalue weighted by Gasteiger charge is -2.27. The standard InChI is InChI=1S/C19H20ClN3O2S2.CO2/c1-11(2)26-18-17(21-19(27-18)23-7-6-12(3)22-23)15-5-4-13(20)8-16(15)25-14-9-24-10-14;2-1-3/h4-8,11,14H,9-10H2,1-3H3;. The number of benzene rings is 1. The lowest BCUT2D eigenvalue weighted by Crippen LogP contribution is -2.38. The predicted octanol–water partition coefficient (Wildman–Crippen LogP) is 4.65. The van der Waals surface area contributed by atoms with E-state index >= 15 is 0 Å². The first-order valence-corrected chi connectivity index (χ1v) is 11.2. The Morgan fingerprint density at radius 1 is 1.33 bits per heavy atom. The normalized spacial score (nSPS) is 13.4. The molecule has 7 nitrogen and oxygen atoms in total. The molecule has 1 fully saturated rings. The Labute approximate surface area is 187 Å². The van der Waals surface area contributed by atoms with Gasteiger partial charge >= 0.3 is 6.15 Å². The zero-order valence-corrected chi connectivity index (χ0v) is 19.0. The fourth-order valence-corrected chi connectivity index (χ4v) is 5.23. The van der Waals surface area contributed by atoms with Crippen molar-refractivity contribution in [2.45, 2.75) is 36.3 Å². The van der Waals surface area contributed by atoms with Crippen LogP contribution in [0.5, 0.6) is 5.75 Å². The van der Waals surface area contributed by atoms with E-state index in [1.54, 1.807) is 23.1 Å². The van der Waals surface area contributed by atoms with Gasteiger partial charge < -0.3 is 9.47 Å². The Balaban J connectivity index is 0.000000806. The highest BCUT2D eigenvalue weighted by atomic mass is 35.5. The molecule has 0 radical (unpaired) electrons. The van der Waals surface area contributed by atoms with Crippen molar-refractivity contribution in [1.82, 2.24) is 14.8 Å². The van der Waals surface area contributed by atoms with Gasteiger partial charge in [-0.05, 0) is 31.2 Å². The van der Waals surface area contributed by atoms with Crippen LogP contribution >= 0.6 is 34.7 Å². The molecule has 30 heavy (non-hydrogen) atoms. The minimum absolute atomic E-state index is 0.0651. The summed E-state index contributed by atoms with van der Waals surface area (Å²) in [6, 6.07) is 7.69. The van der Waals surface area contributed by atoms with Crippen LogP contribution < -0.4 is 4.74 Å². The number of carbonyl (C=O) groups excluding carboxylic acids is 2. The average molecular weight is 466 g/mol. The molecule has 1 saturated heterocycles. The Morgan fingerprint density at radius 3 is 2.63 bits per heavy atom. The molecule has 1 aromatic carbocycles. The van der Waals surface area contributed by atoms with E-state index in [0.717, 1.165) is 32.0 Å². The first kappa shape index (κ1) is 22.5. The second-order valence-electron chi connectivity index (χ2n) is 6.70. The number of nitrogens with zero attached hydrogens (tertiary/aromatic N) is 3. The molecular weight excluding hydrogens is 446 g/mol. The first-order valence-electron chi connectivity index (χ1n) is 9.15. The molecule has 3 heterocycles. The fourth-order valence-electron chi connectivity index (χ4n) is 2.63. The first-order chi connectivity index (χ1) is 14.4. The van der Waals surface area contributed by atoms with E-state index in [4.69, 9.17) is 35.6 Å². The van der Waals surface area contributed by atoms with Crippen LogP contribution in [0.15, 0.2) is 34.7 Å². The molecule has 1 aliphatic rings. The van der Waals surface area contributed by atoms with Crippen molar-refractivity contribution in [3.8, 4) is 22.1 Å². The monoisotopic (exact) mass is 465 g/mol. The summed E-state index contributed by atoms with van der Waals surface area (Å²) in [6.07, 6.45) is 2.25. The van der Waals surface area contributed by atoms with Crippen molar-refractivity contribution in [2.75, 3.05) is 13.2 Å². The summed E-state index contributed by atoms with van der Waals surface area (Å²) < 4.78 is 14.3. The third kappa shape index (κ3) is 5.50. The van der Waals surface area contributed by atoms with E-state index in [1.807, 2.05) is 42.1 Å². The van der Waals surface area contributed by atoms with Crippen LogP contribution in [-0.4, -0.2) is 45.5 Å². The number of hydrogen-bond donors (Lipinski definition) is 0. The highest BCUT2D eigenvalue weighted by Gasteiger charge is 2.24. The maximum absolute atomic E-state index is 8.12. The third-order valence-corrected chi connectivity index (χ3v) is 6.44. The van der Waals surface area contributed by atoms with Gasteiger partial charge in [0, 0.05) is 22.0 Å². The molecule has 158 valence electrons. The van der Waals surface area contributed by atoms with Crippen LogP contribution in [0.4, 0.5) is 0 Å². The van der Waals surface area contributed by atoms with Crippen LogP contribution in [0.2, 0.25) is 5.02 Å². The van der Waals surface area contributed by atoms with Crippen LogP contribution in [0.1, 0.15) is 19.5 Å². The summed E-state index contributed by atoms with van der Waals surface area (Å²) in [4.78, 5) is 21.2. The Bertz CT molecular complexity index is 1040. The van der Waals surface area contributed by atoms with Crippen molar-refractivity contribution in [2.24, 2.45) is 0 Å². The summed E-state index contributed by atoms with van der Waals surface area (Å²) in [5.41, 5.74) is 2.82. The predicted molar refractivity (Wildman–Crippen MR) is 116 cm³/mol. The van der Waals surface area contributed by atoms with Crippen molar-refractivity contribution in [3.05, 3.63) is 41.2 Å².